The summed E-state index contributed by atoms with van der Waals surface area (Å²) in [5, 5.41) is 2.82. The van der Waals surface area contributed by atoms with Gasteiger partial charge in [0.25, 0.3) is 0 Å². The van der Waals surface area contributed by atoms with Crippen LogP contribution in [0.3, 0.4) is 0 Å². The molecule has 1 fully saturated rings. The molecule has 3 aromatic carbocycles. The molecule has 1 atom stereocenters. The van der Waals surface area contributed by atoms with Crippen molar-refractivity contribution < 1.29 is 19.1 Å². The van der Waals surface area contributed by atoms with E-state index in [9.17, 15) is 14.4 Å². The highest BCUT2D eigenvalue weighted by Crippen LogP contribution is 2.22. The standard InChI is InChI=1S/C32H37N3O4/c33-32(38)29(21-25-11-14-28(15-12-25)39-23-27-9-5-2-6-10-27)34-30(36)22-26-17-19-35(20-18-26)31(37)16-13-24-7-3-1-4-8-24/h1-12,14-15,26,29H,13,16-23H2,(H2,33,38)(H,34,36). The number of hydrogen-bond acceptors (Lipinski definition) is 4. The summed E-state index contributed by atoms with van der Waals surface area (Å²) in [5.74, 6) is 0.319. The number of carbonyl (C=O) groups is 3. The molecular weight excluding hydrogens is 490 g/mol. The molecular formula is C32H37N3O4. The Hall–Kier alpha value is -4.13. The fourth-order valence-electron chi connectivity index (χ4n) is 4.88. The SMILES string of the molecule is NC(=O)C(Cc1ccc(OCc2ccccc2)cc1)NC(=O)CC1CCN(C(=O)CCc2ccccc2)CC1. The second-order valence-corrected chi connectivity index (χ2v) is 10.2. The molecule has 0 aromatic heterocycles. The van der Waals surface area contributed by atoms with Gasteiger partial charge in [-0.25, -0.2) is 0 Å². The first-order valence-corrected chi connectivity index (χ1v) is 13.6. The molecule has 1 heterocycles. The van der Waals surface area contributed by atoms with E-state index >= 15 is 0 Å². The molecule has 1 saturated heterocycles. The van der Waals surface area contributed by atoms with E-state index in [1.165, 1.54) is 0 Å². The highest BCUT2D eigenvalue weighted by Gasteiger charge is 2.26. The number of nitrogens with two attached hydrogens (primary N) is 1. The topological polar surface area (TPSA) is 102 Å². The maximum Gasteiger partial charge on any atom is 0.240 e. The summed E-state index contributed by atoms with van der Waals surface area (Å²) in [6.45, 7) is 1.79. The summed E-state index contributed by atoms with van der Waals surface area (Å²) in [4.78, 5) is 39.3. The lowest BCUT2D eigenvalue weighted by atomic mass is 9.92. The van der Waals surface area contributed by atoms with E-state index in [0.717, 1.165) is 41.7 Å². The van der Waals surface area contributed by atoms with Crippen molar-refractivity contribution in [2.45, 2.75) is 51.2 Å². The Morgan fingerprint density at radius 1 is 0.846 bits per heavy atom. The van der Waals surface area contributed by atoms with Gasteiger partial charge in [0, 0.05) is 32.4 Å². The Labute approximate surface area is 230 Å². The summed E-state index contributed by atoms with van der Waals surface area (Å²) in [6, 6.07) is 26.6. The number of likely N-dealkylation sites (tertiary alicyclic amines) is 1. The fraction of sp³-hybridized carbons (Fsp3) is 0.344. The summed E-state index contributed by atoms with van der Waals surface area (Å²) in [7, 11) is 0. The molecule has 1 aliphatic heterocycles. The molecule has 0 aliphatic carbocycles. The normalized spacial score (nSPS) is 14.4. The molecule has 7 nitrogen and oxygen atoms in total. The Balaban J connectivity index is 1.18. The minimum atomic E-state index is -0.784. The van der Waals surface area contributed by atoms with Gasteiger partial charge < -0.3 is 20.7 Å². The van der Waals surface area contributed by atoms with Crippen LogP contribution in [0.25, 0.3) is 0 Å². The number of hydrogen-bond donors (Lipinski definition) is 2. The zero-order chi connectivity index (χ0) is 27.5. The third-order valence-electron chi connectivity index (χ3n) is 7.20. The number of piperidine rings is 1. The zero-order valence-electron chi connectivity index (χ0n) is 22.3. The molecule has 0 saturated carbocycles. The van der Waals surface area contributed by atoms with Crippen LogP contribution >= 0.6 is 0 Å². The lowest BCUT2D eigenvalue weighted by Crippen LogP contribution is -2.47. The number of carbonyl (C=O) groups excluding carboxylic acids is 3. The number of primary amides is 1. The number of benzene rings is 3. The molecule has 3 amide bonds. The maximum absolute atomic E-state index is 12.7. The van der Waals surface area contributed by atoms with Crippen LogP contribution < -0.4 is 15.8 Å². The van der Waals surface area contributed by atoms with Crippen LogP contribution in [0.2, 0.25) is 0 Å². The molecule has 3 N–H and O–H groups in total. The van der Waals surface area contributed by atoms with Gasteiger partial charge in [-0.05, 0) is 54.0 Å². The number of nitrogens with one attached hydrogen (secondary N) is 1. The van der Waals surface area contributed by atoms with Gasteiger partial charge in [0.1, 0.15) is 18.4 Å². The van der Waals surface area contributed by atoms with Gasteiger partial charge in [0.2, 0.25) is 17.7 Å². The van der Waals surface area contributed by atoms with Crippen molar-refractivity contribution in [3.63, 3.8) is 0 Å². The van der Waals surface area contributed by atoms with Crippen molar-refractivity contribution in [2.24, 2.45) is 11.7 Å². The molecule has 204 valence electrons. The van der Waals surface area contributed by atoms with E-state index in [0.29, 0.717) is 39.0 Å². The molecule has 3 aromatic rings. The second-order valence-electron chi connectivity index (χ2n) is 10.2. The molecule has 1 aliphatic rings. The van der Waals surface area contributed by atoms with Crippen LogP contribution in [-0.2, 0) is 33.8 Å². The van der Waals surface area contributed by atoms with E-state index in [1.807, 2.05) is 89.8 Å². The van der Waals surface area contributed by atoms with Crippen molar-refractivity contribution >= 4 is 17.7 Å². The summed E-state index contributed by atoms with van der Waals surface area (Å²) in [6.07, 6.45) is 3.42. The van der Waals surface area contributed by atoms with Crippen molar-refractivity contribution in [1.29, 1.82) is 0 Å². The molecule has 4 rings (SSSR count). The molecule has 39 heavy (non-hydrogen) atoms. The Kier molecular flexibility index (Phi) is 10.1. The van der Waals surface area contributed by atoms with Crippen molar-refractivity contribution in [3.8, 4) is 5.75 Å². The number of rotatable bonds is 12. The van der Waals surface area contributed by atoms with E-state index < -0.39 is 11.9 Å². The van der Waals surface area contributed by atoms with E-state index in [-0.39, 0.29) is 17.7 Å². The number of aryl methyl sites for hydroxylation is 1. The average molecular weight is 528 g/mol. The predicted molar refractivity (Wildman–Crippen MR) is 151 cm³/mol. The quantitative estimate of drug-likeness (QED) is 0.371. The predicted octanol–water partition coefficient (Wildman–Crippen LogP) is 4.04. The Morgan fingerprint density at radius 3 is 2.08 bits per heavy atom. The minimum Gasteiger partial charge on any atom is -0.489 e. The van der Waals surface area contributed by atoms with Gasteiger partial charge in [0.05, 0.1) is 0 Å². The monoisotopic (exact) mass is 527 g/mol. The van der Waals surface area contributed by atoms with Crippen LogP contribution in [0.5, 0.6) is 5.75 Å². The summed E-state index contributed by atoms with van der Waals surface area (Å²) < 4.78 is 5.82. The van der Waals surface area contributed by atoms with Gasteiger partial charge in [0.15, 0.2) is 0 Å². The summed E-state index contributed by atoms with van der Waals surface area (Å²) in [5.41, 5.74) is 8.73. The molecule has 7 heteroatoms. The smallest absolute Gasteiger partial charge is 0.240 e. The van der Waals surface area contributed by atoms with E-state index in [4.69, 9.17) is 10.5 Å². The summed E-state index contributed by atoms with van der Waals surface area (Å²) >= 11 is 0. The van der Waals surface area contributed by atoms with Gasteiger partial charge in [-0.15, -0.1) is 0 Å². The van der Waals surface area contributed by atoms with Crippen LogP contribution in [0.15, 0.2) is 84.9 Å². The lowest BCUT2D eigenvalue weighted by molar-refractivity contribution is -0.133. The van der Waals surface area contributed by atoms with Crippen molar-refractivity contribution in [2.75, 3.05) is 13.1 Å². The average Bonchev–Trinajstić information content (AvgIpc) is 2.96. The maximum atomic E-state index is 12.7. The van der Waals surface area contributed by atoms with Crippen LogP contribution in [0.4, 0.5) is 0 Å². The second kappa shape index (κ2) is 14.1. The first-order valence-electron chi connectivity index (χ1n) is 13.6. The first-order chi connectivity index (χ1) is 19.0. The first kappa shape index (κ1) is 27.9. The van der Waals surface area contributed by atoms with Gasteiger partial charge in [-0.3, -0.25) is 14.4 Å². The molecule has 0 bridgehead atoms. The fourth-order valence-corrected chi connectivity index (χ4v) is 4.88. The lowest BCUT2D eigenvalue weighted by Gasteiger charge is -2.32. The third kappa shape index (κ3) is 8.99. The van der Waals surface area contributed by atoms with Crippen LogP contribution in [0, 0.1) is 5.92 Å². The van der Waals surface area contributed by atoms with Crippen molar-refractivity contribution in [1.82, 2.24) is 10.2 Å². The molecule has 0 spiro atoms. The van der Waals surface area contributed by atoms with Crippen LogP contribution in [0.1, 0.15) is 42.4 Å². The van der Waals surface area contributed by atoms with Crippen molar-refractivity contribution in [3.05, 3.63) is 102 Å². The Morgan fingerprint density at radius 2 is 1.46 bits per heavy atom. The third-order valence-corrected chi connectivity index (χ3v) is 7.20. The number of ether oxygens (including phenoxy) is 1. The molecule has 1 unspecified atom stereocenters. The van der Waals surface area contributed by atoms with Gasteiger partial charge in [-0.1, -0.05) is 72.8 Å². The van der Waals surface area contributed by atoms with Gasteiger partial charge in [-0.2, -0.15) is 0 Å². The highest BCUT2D eigenvalue weighted by atomic mass is 16.5. The largest absolute Gasteiger partial charge is 0.489 e. The number of nitrogens with zero attached hydrogens (tertiary/aromatic N) is 1. The van der Waals surface area contributed by atoms with E-state index in [2.05, 4.69) is 5.32 Å². The number of amides is 3. The zero-order valence-corrected chi connectivity index (χ0v) is 22.3. The van der Waals surface area contributed by atoms with Gasteiger partial charge >= 0.3 is 0 Å². The minimum absolute atomic E-state index is 0.159. The van der Waals surface area contributed by atoms with Crippen LogP contribution in [-0.4, -0.2) is 41.8 Å². The van der Waals surface area contributed by atoms with E-state index in [1.54, 1.807) is 0 Å². The highest BCUT2D eigenvalue weighted by molar-refractivity contribution is 5.87. The Bertz CT molecular complexity index is 1210. The molecule has 0 radical (unpaired) electrons.